The average molecular weight is 257 g/mol. The number of hydrogen-bond acceptors (Lipinski definition) is 2. The zero-order valence-electron chi connectivity index (χ0n) is 11.7. The van der Waals surface area contributed by atoms with Crippen LogP contribution in [-0.2, 0) is 0 Å². The molecule has 0 saturated heterocycles. The molecule has 0 atom stereocenters. The van der Waals surface area contributed by atoms with Gasteiger partial charge in [-0.25, -0.2) is 4.98 Å². The van der Waals surface area contributed by atoms with Crippen LogP contribution >= 0.6 is 0 Å². The summed E-state index contributed by atoms with van der Waals surface area (Å²) in [5, 5.41) is 0. The molecule has 0 bridgehead atoms. The lowest BCUT2D eigenvalue weighted by molar-refractivity contribution is 0.381. The van der Waals surface area contributed by atoms with Crippen molar-refractivity contribution in [2.24, 2.45) is 0 Å². The normalized spacial score (nSPS) is 18.4. The van der Waals surface area contributed by atoms with E-state index in [9.17, 15) is 0 Å². The smallest absolute Gasteiger partial charge is 0.201 e. The molecule has 0 spiro atoms. The molecule has 1 aliphatic carbocycles. The third-order valence-corrected chi connectivity index (χ3v) is 4.38. The van der Waals surface area contributed by atoms with Crippen LogP contribution in [0.25, 0.3) is 11.0 Å². The molecule has 2 aromatic rings. The number of aromatic nitrogens is 2. The topological polar surface area (TPSA) is 43.8 Å². The largest absolute Gasteiger partial charge is 0.369 e. The highest BCUT2D eigenvalue weighted by atomic mass is 15.2. The molecule has 19 heavy (non-hydrogen) atoms. The summed E-state index contributed by atoms with van der Waals surface area (Å²) in [5.41, 5.74) is 9.76. The minimum Gasteiger partial charge on any atom is -0.369 e. The van der Waals surface area contributed by atoms with Gasteiger partial charge in [0.1, 0.15) is 0 Å². The zero-order chi connectivity index (χ0) is 13.2. The number of aryl methyl sites for hydroxylation is 1. The maximum atomic E-state index is 6.19. The Morgan fingerprint density at radius 1 is 1.11 bits per heavy atom. The summed E-state index contributed by atoms with van der Waals surface area (Å²) in [6.07, 6.45) is 9.23. The molecule has 1 fully saturated rings. The molecule has 1 aromatic carbocycles. The van der Waals surface area contributed by atoms with Crippen LogP contribution in [-0.4, -0.2) is 9.55 Å². The summed E-state index contributed by atoms with van der Waals surface area (Å²) in [7, 11) is 0. The second kappa shape index (κ2) is 5.24. The Hall–Kier alpha value is -1.51. The Morgan fingerprint density at radius 2 is 1.79 bits per heavy atom. The van der Waals surface area contributed by atoms with Gasteiger partial charge in [0.15, 0.2) is 0 Å². The summed E-state index contributed by atoms with van der Waals surface area (Å²) < 4.78 is 2.30. The van der Waals surface area contributed by atoms with E-state index < -0.39 is 0 Å². The summed E-state index contributed by atoms with van der Waals surface area (Å²) in [5.74, 6) is 0.690. The zero-order valence-corrected chi connectivity index (χ0v) is 11.7. The average Bonchev–Trinajstić information content (AvgIpc) is 2.67. The maximum Gasteiger partial charge on any atom is 0.201 e. The second-order valence-corrected chi connectivity index (χ2v) is 5.78. The van der Waals surface area contributed by atoms with Crippen molar-refractivity contribution in [2.75, 3.05) is 5.73 Å². The number of nitrogens with two attached hydrogens (primary N) is 1. The quantitative estimate of drug-likeness (QED) is 0.831. The lowest BCUT2D eigenvalue weighted by atomic mass is 9.96. The molecule has 3 rings (SSSR count). The van der Waals surface area contributed by atoms with Crippen molar-refractivity contribution >= 4 is 17.0 Å². The van der Waals surface area contributed by atoms with Crippen LogP contribution in [0.2, 0.25) is 0 Å². The van der Waals surface area contributed by atoms with Crippen molar-refractivity contribution in [1.29, 1.82) is 0 Å². The Labute approximate surface area is 114 Å². The lowest BCUT2D eigenvalue weighted by Crippen LogP contribution is -2.14. The molecule has 1 aliphatic rings. The van der Waals surface area contributed by atoms with Gasteiger partial charge < -0.3 is 10.3 Å². The van der Waals surface area contributed by atoms with Gasteiger partial charge in [-0.2, -0.15) is 0 Å². The highest BCUT2D eigenvalue weighted by molar-refractivity contribution is 5.81. The van der Waals surface area contributed by atoms with Gasteiger partial charge >= 0.3 is 0 Å². The summed E-state index contributed by atoms with van der Waals surface area (Å²) in [6.45, 7) is 2.16. The summed E-state index contributed by atoms with van der Waals surface area (Å²) in [4.78, 5) is 4.54. The van der Waals surface area contributed by atoms with Crippen LogP contribution in [0.3, 0.4) is 0 Å². The Balaban J connectivity index is 2.04. The molecule has 3 heteroatoms. The molecule has 1 heterocycles. The third kappa shape index (κ3) is 2.34. The molecule has 102 valence electrons. The van der Waals surface area contributed by atoms with Gasteiger partial charge in [-0.15, -0.1) is 0 Å². The van der Waals surface area contributed by atoms with E-state index in [-0.39, 0.29) is 0 Å². The predicted octanol–water partition coefficient (Wildman–Crippen LogP) is 4.21. The number of rotatable bonds is 1. The SMILES string of the molecule is Cc1cccc2nc(N)n(C3CCCCCCC3)c12. The van der Waals surface area contributed by atoms with Gasteiger partial charge in [0, 0.05) is 6.04 Å². The van der Waals surface area contributed by atoms with Crippen LogP contribution in [0.4, 0.5) is 5.95 Å². The monoisotopic (exact) mass is 257 g/mol. The number of nitrogen functional groups attached to an aromatic ring is 1. The molecular weight excluding hydrogens is 234 g/mol. The van der Waals surface area contributed by atoms with Crippen molar-refractivity contribution in [2.45, 2.75) is 57.9 Å². The fraction of sp³-hybridized carbons (Fsp3) is 0.562. The second-order valence-electron chi connectivity index (χ2n) is 5.78. The molecule has 2 N–H and O–H groups in total. The molecular formula is C16H23N3. The molecule has 0 amide bonds. The highest BCUT2D eigenvalue weighted by Gasteiger charge is 2.19. The van der Waals surface area contributed by atoms with Crippen molar-refractivity contribution < 1.29 is 0 Å². The van der Waals surface area contributed by atoms with Gasteiger partial charge in [0.25, 0.3) is 0 Å². The fourth-order valence-electron chi connectivity index (χ4n) is 3.40. The standard InChI is InChI=1S/C16H23N3/c1-12-8-7-11-14-15(12)19(16(17)18-14)13-9-5-3-2-4-6-10-13/h7-8,11,13H,2-6,9-10H2,1H3,(H2,17,18). The number of hydrogen-bond donors (Lipinski definition) is 1. The van der Waals surface area contributed by atoms with E-state index in [0.29, 0.717) is 12.0 Å². The van der Waals surface area contributed by atoms with Crippen LogP contribution in [0.5, 0.6) is 0 Å². The number of para-hydroxylation sites is 1. The number of anilines is 1. The van der Waals surface area contributed by atoms with Crippen molar-refractivity contribution in [3.8, 4) is 0 Å². The van der Waals surface area contributed by atoms with E-state index in [2.05, 4.69) is 34.7 Å². The van der Waals surface area contributed by atoms with Gasteiger partial charge in [-0.05, 0) is 31.4 Å². The van der Waals surface area contributed by atoms with Crippen molar-refractivity contribution in [3.63, 3.8) is 0 Å². The highest BCUT2D eigenvalue weighted by Crippen LogP contribution is 2.33. The first-order chi connectivity index (χ1) is 9.27. The molecule has 0 radical (unpaired) electrons. The van der Waals surface area contributed by atoms with E-state index in [0.717, 1.165) is 5.52 Å². The fourth-order valence-corrected chi connectivity index (χ4v) is 3.40. The van der Waals surface area contributed by atoms with Crippen LogP contribution in [0, 0.1) is 6.92 Å². The maximum absolute atomic E-state index is 6.19. The van der Waals surface area contributed by atoms with Gasteiger partial charge in [0.05, 0.1) is 11.0 Å². The van der Waals surface area contributed by atoms with Crippen LogP contribution in [0.15, 0.2) is 18.2 Å². The summed E-state index contributed by atoms with van der Waals surface area (Å²) >= 11 is 0. The van der Waals surface area contributed by atoms with Gasteiger partial charge in [-0.3, -0.25) is 0 Å². The molecule has 3 nitrogen and oxygen atoms in total. The Bertz CT molecular complexity index is 563. The predicted molar refractivity (Wildman–Crippen MR) is 80.2 cm³/mol. The van der Waals surface area contributed by atoms with Gasteiger partial charge in [-0.1, -0.05) is 44.2 Å². The Kier molecular flexibility index (Phi) is 3.45. The first-order valence-corrected chi connectivity index (χ1v) is 7.50. The Morgan fingerprint density at radius 3 is 2.53 bits per heavy atom. The first-order valence-electron chi connectivity index (χ1n) is 7.50. The lowest BCUT2D eigenvalue weighted by Gasteiger charge is -2.23. The van der Waals surface area contributed by atoms with Crippen molar-refractivity contribution in [1.82, 2.24) is 9.55 Å². The van der Waals surface area contributed by atoms with E-state index in [1.807, 2.05) is 0 Å². The van der Waals surface area contributed by atoms with Crippen LogP contribution in [0.1, 0.15) is 56.6 Å². The van der Waals surface area contributed by atoms with E-state index in [1.54, 1.807) is 0 Å². The molecule has 0 unspecified atom stereocenters. The van der Waals surface area contributed by atoms with Gasteiger partial charge in [0.2, 0.25) is 5.95 Å². The number of fused-ring (bicyclic) bond motifs is 1. The third-order valence-electron chi connectivity index (χ3n) is 4.38. The number of benzene rings is 1. The molecule has 1 aromatic heterocycles. The minimum absolute atomic E-state index is 0.534. The van der Waals surface area contributed by atoms with E-state index in [1.165, 1.54) is 56.0 Å². The van der Waals surface area contributed by atoms with E-state index >= 15 is 0 Å². The number of imidazole rings is 1. The summed E-state index contributed by atoms with van der Waals surface area (Å²) in [6, 6.07) is 6.82. The van der Waals surface area contributed by atoms with Crippen molar-refractivity contribution in [3.05, 3.63) is 23.8 Å². The minimum atomic E-state index is 0.534. The molecule has 0 aliphatic heterocycles. The van der Waals surface area contributed by atoms with E-state index in [4.69, 9.17) is 5.73 Å². The molecule has 1 saturated carbocycles. The number of nitrogens with zero attached hydrogens (tertiary/aromatic N) is 2. The first kappa shape index (κ1) is 12.5. The van der Waals surface area contributed by atoms with Crippen LogP contribution < -0.4 is 5.73 Å².